The number of likely N-dealkylation sites (N-methyl/N-ethyl adjacent to an activating group) is 1. The van der Waals surface area contributed by atoms with Gasteiger partial charge in [-0.25, -0.2) is 0 Å². The van der Waals surface area contributed by atoms with Gasteiger partial charge in [-0.1, -0.05) is 226 Å². The molecule has 0 radical (unpaired) electrons. The van der Waals surface area contributed by atoms with E-state index in [0.717, 1.165) is 103 Å². The lowest BCUT2D eigenvalue weighted by atomic mass is 10.0. The second-order valence-electron chi connectivity index (χ2n) is 19.6. The van der Waals surface area contributed by atoms with Gasteiger partial charge in [0.2, 0.25) is 0 Å². The zero-order valence-corrected chi connectivity index (χ0v) is 46.8. The predicted molar refractivity (Wildman–Crippen MR) is 300 cm³/mol. The number of ether oxygens (including phenoxy) is 2. The summed E-state index contributed by atoms with van der Waals surface area (Å²) in [7, 11) is 1.15. The van der Waals surface area contributed by atoms with Crippen LogP contribution in [0.1, 0.15) is 213 Å². The van der Waals surface area contributed by atoms with E-state index in [0.29, 0.717) is 17.4 Å². The number of phosphoric ester groups is 1. The molecule has 9 nitrogen and oxygen atoms in total. The zero-order chi connectivity index (χ0) is 52.0. The van der Waals surface area contributed by atoms with Crippen molar-refractivity contribution in [2.24, 2.45) is 0 Å². The molecule has 0 N–H and O–H groups in total. The molecule has 0 aliphatic heterocycles. The molecule has 71 heavy (non-hydrogen) atoms. The van der Waals surface area contributed by atoms with Gasteiger partial charge in [-0.3, -0.25) is 14.2 Å². The Morgan fingerprint density at radius 2 is 0.803 bits per heavy atom. The van der Waals surface area contributed by atoms with E-state index in [-0.39, 0.29) is 26.1 Å². The van der Waals surface area contributed by atoms with Gasteiger partial charge in [-0.2, -0.15) is 0 Å². The molecule has 0 aliphatic rings. The molecule has 0 fully saturated rings. The molecule has 0 saturated carbocycles. The third-order valence-electron chi connectivity index (χ3n) is 11.6. The fourth-order valence-electron chi connectivity index (χ4n) is 7.24. The summed E-state index contributed by atoms with van der Waals surface area (Å²) >= 11 is 0. The van der Waals surface area contributed by atoms with E-state index in [1.807, 2.05) is 21.1 Å². The van der Waals surface area contributed by atoms with Crippen molar-refractivity contribution in [2.45, 2.75) is 219 Å². The van der Waals surface area contributed by atoms with Gasteiger partial charge < -0.3 is 27.9 Å². The lowest BCUT2D eigenvalue weighted by Crippen LogP contribution is -2.37. The molecule has 0 heterocycles. The van der Waals surface area contributed by atoms with E-state index in [2.05, 4.69) is 123 Å². The minimum absolute atomic E-state index is 0.0346. The Morgan fingerprint density at radius 3 is 1.20 bits per heavy atom. The highest BCUT2D eigenvalue weighted by molar-refractivity contribution is 7.45. The lowest BCUT2D eigenvalue weighted by Gasteiger charge is -2.28. The molecular formula is C61H104NO8P. The third-order valence-corrected chi connectivity index (χ3v) is 12.5. The van der Waals surface area contributed by atoms with E-state index in [9.17, 15) is 19.0 Å². The highest BCUT2D eigenvalue weighted by atomic mass is 31.2. The summed E-state index contributed by atoms with van der Waals surface area (Å²) in [5.41, 5.74) is 0. The van der Waals surface area contributed by atoms with E-state index in [1.54, 1.807) is 0 Å². The highest BCUT2D eigenvalue weighted by Crippen LogP contribution is 2.38. The molecule has 0 saturated heterocycles. The smallest absolute Gasteiger partial charge is 0.306 e. The summed E-state index contributed by atoms with van der Waals surface area (Å²) in [4.78, 5) is 37.5. The third kappa shape index (κ3) is 55.8. The highest BCUT2D eigenvalue weighted by Gasteiger charge is 2.21. The van der Waals surface area contributed by atoms with Crippen LogP contribution in [0.2, 0.25) is 0 Å². The van der Waals surface area contributed by atoms with E-state index >= 15 is 0 Å². The lowest BCUT2D eigenvalue weighted by molar-refractivity contribution is -0.870. The first-order valence-corrected chi connectivity index (χ1v) is 29.6. The predicted octanol–water partition coefficient (Wildman–Crippen LogP) is 16.8. The van der Waals surface area contributed by atoms with Crippen LogP contribution in [0.5, 0.6) is 0 Å². The molecule has 0 rings (SSSR count). The summed E-state index contributed by atoms with van der Waals surface area (Å²) in [5.74, 6) is -0.846. The van der Waals surface area contributed by atoms with Gasteiger partial charge in [0.1, 0.15) is 19.8 Å². The quantitative estimate of drug-likeness (QED) is 0.0195. The standard InChI is InChI=1S/C61H104NO8P/c1-6-8-10-12-14-16-17-18-19-20-21-22-23-24-25-26-27-28-29-30-31-32-33-34-35-36-37-38-39-40-41-42-43-44-45-46-48-50-52-54-61(64)70-59(58-69-71(65,66)68-56-55-62(3,4)5)57-67-60(63)53-51-49-47-15-13-11-9-7-2/h8,10,14,16,18-19,21-22,24-25,27-28,30-31,33-34,36-37,59H,6-7,9,11-13,15,17,20,23,26,29,32,35,38-58H2,1-5H3/b10-8-,16-14-,19-18-,22-21-,25-24-,28-27-,31-30-,34-33-,37-36-. The number of rotatable bonds is 50. The van der Waals surface area contributed by atoms with Gasteiger partial charge >= 0.3 is 11.9 Å². The molecule has 2 atom stereocenters. The van der Waals surface area contributed by atoms with Gasteiger partial charge in [0, 0.05) is 12.8 Å². The normalized spacial score (nSPS) is 14.2. The van der Waals surface area contributed by atoms with Gasteiger partial charge in [0.15, 0.2) is 6.10 Å². The minimum Gasteiger partial charge on any atom is -0.756 e. The molecule has 10 heteroatoms. The van der Waals surface area contributed by atoms with Crippen LogP contribution in [0.3, 0.4) is 0 Å². The minimum atomic E-state index is -4.63. The Hall–Kier alpha value is -3.33. The SMILES string of the molecule is CC/C=C\C/C=C\C/C=C\C/C=C\C/C=C\C/C=C\C/C=C\C/C=C\C/C=C\CCCCCCCCCCCCCC(=O)OC(COC(=O)CCCCCCCCCC)COP(=O)([O-])OCC[N+](C)(C)C. The van der Waals surface area contributed by atoms with E-state index < -0.39 is 32.5 Å². The Morgan fingerprint density at radius 1 is 0.451 bits per heavy atom. The number of carbonyl (C=O) groups is 2. The molecule has 0 aromatic rings. The molecule has 0 amide bonds. The van der Waals surface area contributed by atoms with Crippen LogP contribution in [0.4, 0.5) is 0 Å². The number of allylic oxidation sites excluding steroid dienone is 18. The van der Waals surface area contributed by atoms with Gasteiger partial charge in [-0.15, -0.1) is 0 Å². The summed E-state index contributed by atoms with van der Waals surface area (Å²) in [5, 5.41) is 0. The van der Waals surface area contributed by atoms with Crippen LogP contribution in [0, 0.1) is 0 Å². The molecule has 0 aliphatic carbocycles. The Kier molecular flexibility index (Phi) is 49.1. The summed E-state index contributed by atoms with van der Waals surface area (Å²) in [6.07, 6.45) is 71.6. The maximum absolute atomic E-state index is 12.7. The van der Waals surface area contributed by atoms with Crippen LogP contribution in [-0.2, 0) is 32.7 Å². The molecular weight excluding hydrogens is 906 g/mol. The number of hydrogen-bond donors (Lipinski definition) is 0. The van der Waals surface area contributed by atoms with Crippen molar-refractivity contribution in [1.29, 1.82) is 0 Å². The van der Waals surface area contributed by atoms with Gasteiger partial charge in [0.05, 0.1) is 27.7 Å². The second kappa shape index (κ2) is 51.6. The molecule has 0 spiro atoms. The van der Waals surface area contributed by atoms with E-state index in [1.165, 1.54) is 77.0 Å². The van der Waals surface area contributed by atoms with Crippen molar-refractivity contribution in [1.82, 2.24) is 0 Å². The van der Waals surface area contributed by atoms with Crippen molar-refractivity contribution in [2.75, 3.05) is 47.5 Å². The average molecular weight is 1010 g/mol. The van der Waals surface area contributed by atoms with E-state index in [4.69, 9.17) is 18.5 Å². The number of nitrogens with zero attached hydrogens (tertiary/aromatic N) is 1. The average Bonchev–Trinajstić information content (AvgIpc) is 3.33. The van der Waals surface area contributed by atoms with Crippen molar-refractivity contribution >= 4 is 19.8 Å². The van der Waals surface area contributed by atoms with Crippen LogP contribution in [-0.4, -0.2) is 70.0 Å². The first-order valence-electron chi connectivity index (χ1n) is 28.1. The van der Waals surface area contributed by atoms with Gasteiger partial charge in [0.25, 0.3) is 7.82 Å². The fraction of sp³-hybridized carbons (Fsp3) is 0.672. The number of carbonyl (C=O) groups excluding carboxylic acids is 2. The van der Waals surface area contributed by atoms with Crippen LogP contribution < -0.4 is 4.89 Å². The van der Waals surface area contributed by atoms with Crippen molar-refractivity contribution in [3.05, 3.63) is 109 Å². The first kappa shape index (κ1) is 67.7. The van der Waals surface area contributed by atoms with Crippen LogP contribution in [0.15, 0.2) is 109 Å². The van der Waals surface area contributed by atoms with Crippen molar-refractivity contribution in [3.63, 3.8) is 0 Å². The monoisotopic (exact) mass is 1010 g/mol. The Labute approximate surface area is 436 Å². The fourth-order valence-corrected chi connectivity index (χ4v) is 7.96. The van der Waals surface area contributed by atoms with Crippen molar-refractivity contribution in [3.8, 4) is 0 Å². The largest absolute Gasteiger partial charge is 0.756 e. The number of unbranched alkanes of at least 4 members (excludes halogenated alkanes) is 18. The molecule has 2 unspecified atom stereocenters. The van der Waals surface area contributed by atoms with Crippen molar-refractivity contribution < 1.29 is 42.1 Å². The zero-order valence-electron chi connectivity index (χ0n) is 45.9. The summed E-state index contributed by atoms with van der Waals surface area (Å²) in [6, 6.07) is 0. The maximum Gasteiger partial charge on any atom is 0.306 e. The van der Waals surface area contributed by atoms with Crippen LogP contribution >= 0.6 is 7.82 Å². The van der Waals surface area contributed by atoms with Gasteiger partial charge in [-0.05, 0) is 83.5 Å². The number of quaternary nitrogens is 1. The summed E-state index contributed by atoms with van der Waals surface area (Å²) < 4.78 is 33.9. The van der Waals surface area contributed by atoms with Crippen LogP contribution in [0.25, 0.3) is 0 Å². The number of esters is 2. The second-order valence-corrected chi connectivity index (χ2v) is 21.0. The Balaban J connectivity index is 4.00. The maximum atomic E-state index is 12.7. The topological polar surface area (TPSA) is 111 Å². The summed E-state index contributed by atoms with van der Waals surface area (Å²) in [6.45, 7) is 4.07. The molecule has 0 aromatic carbocycles. The number of phosphoric acid groups is 1. The first-order chi connectivity index (χ1) is 34.5. The molecule has 0 aromatic heterocycles. The molecule has 0 bridgehead atoms. The molecule has 406 valence electrons. The number of hydrogen-bond acceptors (Lipinski definition) is 8. The Bertz CT molecular complexity index is 1570.